The minimum atomic E-state index is -4.04. The summed E-state index contributed by atoms with van der Waals surface area (Å²) in [5, 5.41) is 0. The number of rotatable bonds is 4. The molecule has 0 saturated carbocycles. The van der Waals surface area contributed by atoms with Gasteiger partial charge in [-0.25, -0.2) is 0 Å². The maximum Gasteiger partial charge on any atom is 0.332 e. The molecule has 3 nitrogen and oxygen atoms in total. The highest BCUT2D eigenvalue weighted by molar-refractivity contribution is 7.52. The molecule has 0 rings (SSSR count). The molecule has 0 aromatic carbocycles. The van der Waals surface area contributed by atoms with E-state index in [4.69, 9.17) is 0 Å². The number of allylic oxidation sites excluding steroid dienone is 2. The first-order chi connectivity index (χ1) is 6.11. The summed E-state index contributed by atoms with van der Waals surface area (Å²) in [4.78, 5) is 18.5. The highest BCUT2D eigenvalue weighted by Gasteiger charge is 2.38. The zero-order chi connectivity index (χ0) is 11.6. The monoisotopic (exact) mass is 220 g/mol. The van der Waals surface area contributed by atoms with E-state index in [1.54, 1.807) is 6.08 Å². The average molecular weight is 220 g/mol. The maximum absolute atomic E-state index is 11.3. The topological polar surface area (TPSA) is 57.5 Å². The molecular formula is C10H21O3P. The Morgan fingerprint density at radius 2 is 1.86 bits per heavy atom. The minimum Gasteiger partial charge on any atom is -0.324 e. The van der Waals surface area contributed by atoms with E-state index in [1.807, 2.05) is 34.6 Å². The molecule has 4 heteroatoms. The molecule has 0 aliphatic rings. The van der Waals surface area contributed by atoms with E-state index in [9.17, 15) is 14.4 Å². The van der Waals surface area contributed by atoms with Gasteiger partial charge in [0.25, 0.3) is 0 Å². The number of hydrogen-bond donors (Lipinski definition) is 2. The Labute approximate surface area is 86.4 Å². The molecule has 2 N–H and O–H groups in total. The van der Waals surface area contributed by atoms with Crippen LogP contribution in [0.3, 0.4) is 0 Å². The Morgan fingerprint density at radius 1 is 1.43 bits per heavy atom. The van der Waals surface area contributed by atoms with Crippen molar-refractivity contribution in [1.29, 1.82) is 0 Å². The Kier molecular flexibility index (Phi) is 4.57. The average Bonchev–Trinajstić information content (AvgIpc) is 1.98. The van der Waals surface area contributed by atoms with Crippen molar-refractivity contribution in [2.45, 2.75) is 46.7 Å². The van der Waals surface area contributed by atoms with Gasteiger partial charge in [-0.15, -0.1) is 0 Å². The Bertz CT molecular complexity index is 259. The van der Waals surface area contributed by atoms with Crippen LogP contribution in [0, 0.1) is 5.41 Å². The van der Waals surface area contributed by atoms with Crippen LogP contribution < -0.4 is 0 Å². The third kappa shape index (κ3) is 3.95. The smallest absolute Gasteiger partial charge is 0.324 e. The third-order valence-corrected chi connectivity index (χ3v) is 4.14. The predicted octanol–water partition coefficient (Wildman–Crippen LogP) is 2.94. The molecule has 0 aromatic heterocycles. The van der Waals surface area contributed by atoms with E-state index in [0.29, 0.717) is 0 Å². The van der Waals surface area contributed by atoms with E-state index in [0.717, 1.165) is 12.0 Å². The summed E-state index contributed by atoms with van der Waals surface area (Å²) in [6, 6.07) is 0. The fraction of sp³-hybridized carbons (Fsp3) is 0.800. The molecule has 0 amide bonds. The largest absolute Gasteiger partial charge is 0.332 e. The second-order valence-corrected chi connectivity index (χ2v) is 6.35. The lowest BCUT2D eigenvalue weighted by atomic mass is 9.85. The highest BCUT2D eigenvalue weighted by Crippen LogP contribution is 2.51. The molecule has 0 fully saturated rings. The zero-order valence-electron chi connectivity index (χ0n) is 9.61. The van der Waals surface area contributed by atoms with Gasteiger partial charge in [-0.3, -0.25) is 4.57 Å². The molecule has 0 radical (unpaired) electrons. The molecule has 0 saturated heterocycles. The summed E-state index contributed by atoms with van der Waals surface area (Å²) >= 11 is 0. The second kappa shape index (κ2) is 4.61. The van der Waals surface area contributed by atoms with E-state index in [2.05, 4.69) is 0 Å². The van der Waals surface area contributed by atoms with Crippen molar-refractivity contribution in [2.75, 3.05) is 0 Å². The third-order valence-electron chi connectivity index (χ3n) is 2.57. The lowest BCUT2D eigenvalue weighted by Crippen LogP contribution is -2.27. The van der Waals surface area contributed by atoms with Crippen LogP contribution in [0.4, 0.5) is 0 Å². The first kappa shape index (κ1) is 13.9. The van der Waals surface area contributed by atoms with Crippen molar-refractivity contribution in [3.8, 4) is 0 Å². The Morgan fingerprint density at radius 3 is 2.07 bits per heavy atom. The second-order valence-electron chi connectivity index (χ2n) is 4.62. The summed E-state index contributed by atoms with van der Waals surface area (Å²) in [6.45, 7) is 9.43. The summed E-state index contributed by atoms with van der Waals surface area (Å²) in [7, 11) is -4.04. The summed E-state index contributed by atoms with van der Waals surface area (Å²) < 4.78 is 11.3. The predicted molar refractivity (Wildman–Crippen MR) is 59.3 cm³/mol. The van der Waals surface area contributed by atoms with Crippen LogP contribution in [-0.4, -0.2) is 15.4 Å². The fourth-order valence-electron chi connectivity index (χ4n) is 1.30. The minimum absolute atomic E-state index is 0.365. The van der Waals surface area contributed by atoms with Crippen LogP contribution in [0.2, 0.25) is 0 Å². The number of hydrogen-bond acceptors (Lipinski definition) is 1. The van der Waals surface area contributed by atoms with Crippen molar-refractivity contribution in [1.82, 2.24) is 0 Å². The molecule has 1 atom stereocenters. The van der Waals surface area contributed by atoms with Gasteiger partial charge in [0.2, 0.25) is 0 Å². The quantitative estimate of drug-likeness (QED) is 0.565. The van der Waals surface area contributed by atoms with Crippen LogP contribution in [-0.2, 0) is 4.57 Å². The van der Waals surface area contributed by atoms with E-state index >= 15 is 0 Å². The van der Waals surface area contributed by atoms with E-state index in [-0.39, 0.29) is 5.41 Å². The molecule has 0 spiro atoms. The molecule has 0 aromatic rings. The van der Waals surface area contributed by atoms with Crippen LogP contribution in [0.15, 0.2) is 11.6 Å². The van der Waals surface area contributed by atoms with Crippen LogP contribution in [0.5, 0.6) is 0 Å². The summed E-state index contributed by atoms with van der Waals surface area (Å²) in [5.74, 6) is 0. The molecular weight excluding hydrogens is 199 g/mol. The van der Waals surface area contributed by atoms with Crippen LogP contribution in [0.25, 0.3) is 0 Å². The summed E-state index contributed by atoms with van der Waals surface area (Å²) in [6.07, 6.45) is 2.43. The molecule has 0 aliphatic carbocycles. The molecule has 14 heavy (non-hydrogen) atoms. The lowest BCUT2D eigenvalue weighted by Gasteiger charge is -2.32. The van der Waals surface area contributed by atoms with Gasteiger partial charge in [-0.05, 0) is 25.7 Å². The highest BCUT2D eigenvalue weighted by atomic mass is 31.2. The zero-order valence-corrected chi connectivity index (χ0v) is 10.5. The van der Waals surface area contributed by atoms with Crippen LogP contribution in [0.1, 0.15) is 41.0 Å². The van der Waals surface area contributed by atoms with Gasteiger partial charge in [0.1, 0.15) is 0 Å². The van der Waals surface area contributed by atoms with Gasteiger partial charge in [-0.2, -0.15) is 0 Å². The summed E-state index contributed by atoms with van der Waals surface area (Å²) in [5.41, 5.74) is -0.0964. The molecule has 84 valence electrons. The van der Waals surface area contributed by atoms with E-state index < -0.39 is 13.3 Å². The van der Waals surface area contributed by atoms with Gasteiger partial charge in [0.05, 0.1) is 5.66 Å². The Hall–Kier alpha value is -0.110. The molecule has 0 aliphatic heterocycles. The molecule has 1 unspecified atom stereocenters. The van der Waals surface area contributed by atoms with Gasteiger partial charge >= 0.3 is 7.60 Å². The SMILES string of the molecule is CCC(C)(C)C(C=C(C)C)P(=O)(O)O. The normalized spacial score (nSPS) is 15.1. The first-order valence-corrected chi connectivity index (χ1v) is 6.49. The van der Waals surface area contributed by atoms with Gasteiger partial charge in [0.15, 0.2) is 0 Å². The van der Waals surface area contributed by atoms with Crippen molar-refractivity contribution in [2.24, 2.45) is 5.41 Å². The van der Waals surface area contributed by atoms with Gasteiger partial charge < -0.3 is 9.79 Å². The fourth-order valence-corrected chi connectivity index (χ4v) is 2.89. The first-order valence-electron chi connectivity index (χ1n) is 4.81. The lowest BCUT2D eigenvalue weighted by molar-refractivity contribution is 0.293. The molecule has 0 bridgehead atoms. The molecule has 0 heterocycles. The van der Waals surface area contributed by atoms with Gasteiger partial charge in [-0.1, -0.05) is 32.4 Å². The standard InChI is InChI=1S/C10H21O3P/c1-6-10(4,5)9(7-8(2)3)14(11,12)13/h7,9H,6H2,1-5H3,(H2,11,12,13). The maximum atomic E-state index is 11.3. The van der Waals surface area contributed by atoms with E-state index in [1.165, 1.54) is 0 Å². The van der Waals surface area contributed by atoms with Gasteiger partial charge in [0, 0.05) is 0 Å². The van der Waals surface area contributed by atoms with Crippen molar-refractivity contribution in [3.63, 3.8) is 0 Å². The van der Waals surface area contributed by atoms with Crippen molar-refractivity contribution >= 4 is 7.60 Å². The van der Waals surface area contributed by atoms with Crippen molar-refractivity contribution in [3.05, 3.63) is 11.6 Å². The van der Waals surface area contributed by atoms with Crippen molar-refractivity contribution < 1.29 is 14.4 Å². The Balaban J connectivity index is 5.14. The van der Waals surface area contributed by atoms with Crippen LogP contribution >= 0.6 is 7.60 Å².